The van der Waals surface area contributed by atoms with Crippen LogP contribution in [0.25, 0.3) is 0 Å². The monoisotopic (exact) mass is 385 g/mol. The highest BCUT2D eigenvalue weighted by Gasteiger charge is 2.28. The molecule has 0 fully saturated rings. The van der Waals surface area contributed by atoms with Crippen molar-refractivity contribution in [1.82, 2.24) is 9.97 Å². The highest BCUT2D eigenvalue weighted by molar-refractivity contribution is 7.92. The number of hydrogen-bond acceptors (Lipinski definition) is 6. The Morgan fingerprint density at radius 2 is 1.74 bits per heavy atom. The quantitative estimate of drug-likeness (QED) is 0.701. The largest absolute Gasteiger partial charge is 0.508 e. The lowest BCUT2D eigenvalue weighted by molar-refractivity contribution is 0.403. The molecule has 0 radical (unpaired) electrons. The van der Waals surface area contributed by atoms with Gasteiger partial charge in [-0.2, -0.15) is 0 Å². The zero-order chi connectivity index (χ0) is 19.4. The number of anilines is 1. The van der Waals surface area contributed by atoms with E-state index in [1.165, 1.54) is 31.6 Å². The molecule has 0 atom stereocenters. The predicted octanol–water partition coefficient (Wildman–Crippen LogP) is 2.89. The first-order valence-electron chi connectivity index (χ1n) is 8.14. The van der Waals surface area contributed by atoms with Crippen molar-refractivity contribution in [3.8, 4) is 11.5 Å². The van der Waals surface area contributed by atoms with E-state index >= 15 is 0 Å². The maximum atomic E-state index is 13.3. The van der Waals surface area contributed by atoms with Gasteiger partial charge in [-0.25, -0.2) is 22.7 Å². The van der Waals surface area contributed by atoms with E-state index in [1.54, 1.807) is 36.4 Å². The van der Waals surface area contributed by atoms with Crippen molar-refractivity contribution in [3.05, 3.63) is 72.1 Å². The van der Waals surface area contributed by atoms with Crippen LogP contribution in [0.15, 0.2) is 65.8 Å². The summed E-state index contributed by atoms with van der Waals surface area (Å²) in [7, 11) is -2.46. The van der Waals surface area contributed by atoms with Crippen molar-refractivity contribution >= 4 is 16.0 Å². The summed E-state index contributed by atoms with van der Waals surface area (Å²) in [6, 6.07) is 12.7. The fourth-order valence-electron chi connectivity index (χ4n) is 2.54. The maximum Gasteiger partial charge on any atom is 0.266 e. The lowest BCUT2D eigenvalue weighted by Gasteiger charge is -2.23. The van der Waals surface area contributed by atoms with Gasteiger partial charge in [0.15, 0.2) is 0 Å². The van der Waals surface area contributed by atoms with Gasteiger partial charge in [0, 0.05) is 24.0 Å². The summed E-state index contributed by atoms with van der Waals surface area (Å²) in [4.78, 5) is 8.34. The zero-order valence-electron chi connectivity index (χ0n) is 14.9. The van der Waals surface area contributed by atoms with Crippen LogP contribution in [0.4, 0.5) is 5.95 Å². The highest BCUT2D eigenvalue weighted by Crippen LogP contribution is 2.29. The molecule has 1 heterocycles. The molecule has 0 saturated carbocycles. The van der Waals surface area contributed by atoms with Gasteiger partial charge in [-0.1, -0.05) is 17.7 Å². The van der Waals surface area contributed by atoms with E-state index in [-0.39, 0.29) is 23.1 Å². The molecule has 0 aliphatic heterocycles. The molecule has 0 aliphatic carbocycles. The van der Waals surface area contributed by atoms with E-state index in [9.17, 15) is 13.5 Å². The van der Waals surface area contributed by atoms with Gasteiger partial charge in [-0.15, -0.1) is 0 Å². The summed E-state index contributed by atoms with van der Waals surface area (Å²) in [5.41, 5.74) is 1.52. The minimum absolute atomic E-state index is 0.0273. The molecule has 1 N–H and O–H groups in total. The second-order valence-corrected chi connectivity index (χ2v) is 7.73. The normalized spacial score (nSPS) is 11.2. The fraction of sp³-hybridized carbons (Fsp3) is 0.158. The molecule has 140 valence electrons. The number of benzene rings is 2. The number of aromatic nitrogens is 2. The van der Waals surface area contributed by atoms with Crippen molar-refractivity contribution < 1.29 is 18.3 Å². The van der Waals surface area contributed by atoms with Gasteiger partial charge in [0.1, 0.15) is 11.5 Å². The van der Waals surface area contributed by atoms with Crippen LogP contribution in [-0.4, -0.2) is 30.6 Å². The molecule has 8 heteroatoms. The lowest BCUT2D eigenvalue weighted by atomic mass is 10.2. The van der Waals surface area contributed by atoms with E-state index in [1.807, 2.05) is 6.92 Å². The van der Waals surface area contributed by atoms with Crippen LogP contribution in [0.3, 0.4) is 0 Å². The topological polar surface area (TPSA) is 92.6 Å². The summed E-state index contributed by atoms with van der Waals surface area (Å²) < 4.78 is 32.9. The van der Waals surface area contributed by atoms with Crippen LogP contribution < -0.4 is 9.04 Å². The number of aromatic hydroxyl groups is 1. The van der Waals surface area contributed by atoms with Crippen molar-refractivity contribution in [2.24, 2.45) is 0 Å². The lowest BCUT2D eigenvalue weighted by Crippen LogP contribution is -2.32. The van der Waals surface area contributed by atoms with E-state index < -0.39 is 10.0 Å². The van der Waals surface area contributed by atoms with Crippen LogP contribution in [0.2, 0.25) is 0 Å². The number of phenols is 1. The molecule has 27 heavy (non-hydrogen) atoms. The van der Waals surface area contributed by atoms with Crippen molar-refractivity contribution in [3.63, 3.8) is 0 Å². The molecule has 0 amide bonds. The van der Waals surface area contributed by atoms with Gasteiger partial charge in [-0.05, 0) is 37.3 Å². The molecule has 3 aromatic rings. The van der Waals surface area contributed by atoms with Crippen LogP contribution in [0.1, 0.15) is 11.1 Å². The number of ether oxygens (including phenoxy) is 1. The number of phenolic OH excluding ortho intramolecular Hbond substituents is 1. The van der Waals surface area contributed by atoms with E-state index in [0.717, 1.165) is 9.87 Å². The zero-order valence-corrected chi connectivity index (χ0v) is 15.7. The molecule has 0 unspecified atom stereocenters. The fourth-order valence-corrected chi connectivity index (χ4v) is 3.89. The molecule has 0 spiro atoms. The second kappa shape index (κ2) is 7.63. The summed E-state index contributed by atoms with van der Waals surface area (Å²) in [5.74, 6) is 0.447. The molecular formula is C19H19N3O4S. The Morgan fingerprint density at radius 1 is 1.07 bits per heavy atom. The standard InChI is InChI=1S/C19H19N3O4S/c1-14-4-8-17(9-5-14)27(24,25)22(19-20-10-3-11-21-19)13-15-6-7-16(23)12-18(15)26-2/h3-12,23H,13H2,1-2H3. The summed E-state index contributed by atoms with van der Waals surface area (Å²) >= 11 is 0. The third-order valence-electron chi connectivity index (χ3n) is 3.97. The number of nitrogens with zero attached hydrogens (tertiary/aromatic N) is 3. The number of methoxy groups -OCH3 is 1. The Balaban J connectivity index is 2.09. The van der Waals surface area contributed by atoms with Crippen molar-refractivity contribution in [1.29, 1.82) is 0 Å². The molecule has 2 aromatic carbocycles. The molecule has 1 aromatic heterocycles. The van der Waals surface area contributed by atoms with Crippen LogP contribution in [-0.2, 0) is 16.6 Å². The van der Waals surface area contributed by atoms with Gasteiger partial charge in [0.25, 0.3) is 10.0 Å². The van der Waals surface area contributed by atoms with E-state index in [2.05, 4.69) is 9.97 Å². The van der Waals surface area contributed by atoms with Gasteiger partial charge >= 0.3 is 0 Å². The summed E-state index contributed by atoms with van der Waals surface area (Å²) in [5, 5.41) is 9.65. The number of sulfonamides is 1. The first-order valence-corrected chi connectivity index (χ1v) is 9.58. The molecule has 0 aliphatic rings. The first-order chi connectivity index (χ1) is 12.9. The summed E-state index contributed by atoms with van der Waals surface area (Å²) in [6.45, 7) is 1.83. The SMILES string of the molecule is COc1cc(O)ccc1CN(c1ncccn1)S(=O)(=O)c1ccc(C)cc1. The average molecular weight is 385 g/mol. The summed E-state index contributed by atoms with van der Waals surface area (Å²) in [6.07, 6.45) is 2.96. The molecule has 3 rings (SSSR count). The van der Waals surface area contributed by atoms with Gasteiger partial charge in [-0.3, -0.25) is 0 Å². The first kappa shape index (κ1) is 18.7. The van der Waals surface area contributed by atoms with Crippen LogP contribution in [0, 0.1) is 6.92 Å². The maximum absolute atomic E-state index is 13.3. The van der Waals surface area contributed by atoms with Crippen LogP contribution in [0.5, 0.6) is 11.5 Å². The number of aryl methyl sites for hydroxylation is 1. The Labute approximate surface area is 158 Å². The van der Waals surface area contributed by atoms with Crippen LogP contribution >= 0.6 is 0 Å². The molecule has 0 bridgehead atoms. The predicted molar refractivity (Wildman–Crippen MR) is 101 cm³/mol. The number of rotatable bonds is 6. The van der Waals surface area contributed by atoms with Gasteiger partial charge in [0.05, 0.1) is 18.6 Å². The Kier molecular flexibility index (Phi) is 5.27. The average Bonchev–Trinajstić information content (AvgIpc) is 2.67. The smallest absolute Gasteiger partial charge is 0.266 e. The van der Waals surface area contributed by atoms with Crippen molar-refractivity contribution in [2.75, 3.05) is 11.4 Å². The molecule has 0 saturated heterocycles. The van der Waals surface area contributed by atoms with E-state index in [0.29, 0.717) is 11.3 Å². The third kappa shape index (κ3) is 4.01. The Hall–Kier alpha value is -3.13. The Bertz CT molecular complexity index is 1020. The minimum Gasteiger partial charge on any atom is -0.508 e. The highest BCUT2D eigenvalue weighted by atomic mass is 32.2. The second-order valence-electron chi connectivity index (χ2n) is 5.87. The minimum atomic E-state index is -3.91. The third-order valence-corrected chi connectivity index (χ3v) is 5.71. The van der Waals surface area contributed by atoms with Crippen molar-refractivity contribution in [2.45, 2.75) is 18.4 Å². The molecule has 7 nitrogen and oxygen atoms in total. The van der Waals surface area contributed by atoms with Gasteiger partial charge < -0.3 is 9.84 Å². The van der Waals surface area contributed by atoms with E-state index in [4.69, 9.17) is 4.74 Å². The van der Waals surface area contributed by atoms with Gasteiger partial charge in [0.2, 0.25) is 5.95 Å². The molecular weight excluding hydrogens is 366 g/mol. The number of hydrogen-bond donors (Lipinski definition) is 1. The Morgan fingerprint density at radius 3 is 2.37 bits per heavy atom.